The van der Waals surface area contributed by atoms with Crippen molar-refractivity contribution in [2.24, 2.45) is 0 Å². The molecule has 1 aromatic heterocycles. The molecule has 17 heavy (non-hydrogen) atoms. The van der Waals surface area contributed by atoms with Crippen LogP contribution in [-0.2, 0) is 4.74 Å². The number of benzene rings is 1. The van der Waals surface area contributed by atoms with E-state index in [1.807, 2.05) is 26.0 Å². The highest BCUT2D eigenvalue weighted by atomic mass is 35.5. The Bertz CT molecular complexity index is 608. The standard InChI is InChI=1S/C13H12ClNO2/c1-7-4-5-8(2)11-9(7)6-10(13(16)17-3)15-12(11)14/h4-6H,1-3H3. The first kappa shape index (κ1) is 11.9. The second-order valence-corrected chi connectivity index (χ2v) is 4.27. The van der Waals surface area contributed by atoms with Gasteiger partial charge < -0.3 is 4.74 Å². The maximum atomic E-state index is 11.5. The Kier molecular flexibility index (Phi) is 3.03. The number of methoxy groups -OCH3 is 1. The van der Waals surface area contributed by atoms with Gasteiger partial charge >= 0.3 is 5.97 Å². The van der Waals surface area contributed by atoms with Gasteiger partial charge in [0.15, 0.2) is 5.69 Å². The lowest BCUT2D eigenvalue weighted by atomic mass is 10.0. The number of fused-ring (bicyclic) bond motifs is 1. The van der Waals surface area contributed by atoms with Crippen molar-refractivity contribution in [3.63, 3.8) is 0 Å². The zero-order chi connectivity index (χ0) is 12.6. The van der Waals surface area contributed by atoms with E-state index in [1.165, 1.54) is 7.11 Å². The quantitative estimate of drug-likeness (QED) is 0.575. The van der Waals surface area contributed by atoms with E-state index in [0.717, 1.165) is 21.9 Å². The molecule has 0 saturated carbocycles. The van der Waals surface area contributed by atoms with Gasteiger partial charge in [0.2, 0.25) is 0 Å². The molecule has 88 valence electrons. The van der Waals surface area contributed by atoms with Crippen molar-refractivity contribution in [2.75, 3.05) is 7.11 Å². The predicted molar refractivity (Wildman–Crippen MR) is 67.6 cm³/mol. The number of halogens is 1. The molecule has 0 fully saturated rings. The molecule has 0 spiro atoms. The summed E-state index contributed by atoms with van der Waals surface area (Å²) in [5.41, 5.74) is 2.33. The molecule has 2 rings (SSSR count). The molecule has 1 aromatic carbocycles. The number of carbonyl (C=O) groups is 1. The Morgan fingerprint density at radius 1 is 1.29 bits per heavy atom. The van der Waals surface area contributed by atoms with Gasteiger partial charge in [0.1, 0.15) is 5.15 Å². The first-order chi connectivity index (χ1) is 8.04. The SMILES string of the molecule is COC(=O)c1cc2c(C)ccc(C)c2c(Cl)n1. The van der Waals surface area contributed by atoms with Gasteiger partial charge in [0.25, 0.3) is 0 Å². The average Bonchev–Trinajstić information content (AvgIpc) is 2.32. The lowest BCUT2D eigenvalue weighted by molar-refractivity contribution is 0.0594. The molecular formula is C13H12ClNO2. The molecule has 0 N–H and O–H groups in total. The summed E-state index contributed by atoms with van der Waals surface area (Å²) in [6, 6.07) is 5.70. The predicted octanol–water partition coefficient (Wildman–Crippen LogP) is 3.29. The van der Waals surface area contributed by atoms with Crippen molar-refractivity contribution in [1.29, 1.82) is 0 Å². The molecular weight excluding hydrogens is 238 g/mol. The molecule has 0 aliphatic heterocycles. The van der Waals surface area contributed by atoms with Crippen molar-refractivity contribution in [1.82, 2.24) is 4.98 Å². The number of hydrogen-bond donors (Lipinski definition) is 0. The van der Waals surface area contributed by atoms with Crippen LogP contribution in [-0.4, -0.2) is 18.1 Å². The molecule has 2 aromatic rings. The molecule has 0 aliphatic rings. The lowest BCUT2D eigenvalue weighted by Gasteiger charge is -2.08. The summed E-state index contributed by atoms with van der Waals surface area (Å²) >= 11 is 6.12. The van der Waals surface area contributed by atoms with E-state index >= 15 is 0 Å². The summed E-state index contributed by atoms with van der Waals surface area (Å²) < 4.78 is 4.65. The van der Waals surface area contributed by atoms with Gasteiger partial charge in [-0.25, -0.2) is 9.78 Å². The van der Waals surface area contributed by atoms with Crippen LogP contribution in [0.25, 0.3) is 10.8 Å². The number of aryl methyl sites for hydroxylation is 2. The molecule has 0 aliphatic carbocycles. The molecule has 0 saturated heterocycles. The molecule has 0 amide bonds. The van der Waals surface area contributed by atoms with Crippen molar-refractivity contribution in [3.8, 4) is 0 Å². The fraction of sp³-hybridized carbons (Fsp3) is 0.231. The largest absolute Gasteiger partial charge is 0.464 e. The van der Waals surface area contributed by atoms with E-state index in [4.69, 9.17) is 11.6 Å². The number of carbonyl (C=O) groups excluding carboxylic acids is 1. The van der Waals surface area contributed by atoms with E-state index in [2.05, 4.69) is 9.72 Å². The van der Waals surface area contributed by atoms with Gasteiger partial charge in [-0.15, -0.1) is 0 Å². The van der Waals surface area contributed by atoms with Gasteiger partial charge in [-0.2, -0.15) is 0 Å². The number of aromatic nitrogens is 1. The molecule has 0 unspecified atom stereocenters. The van der Waals surface area contributed by atoms with Crippen LogP contribution in [0, 0.1) is 13.8 Å². The summed E-state index contributed by atoms with van der Waals surface area (Å²) in [6.45, 7) is 3.94. The monoisotopic (exact) mass is 249 g/mol. The van der Waals surface area contributed by atoms with E-state index < -0.39 is 5.97 Å². The number of esters is 1. The first-order valence-electron chi connectivity index (χ1n) is 5.19. The van der Waals surface area contributed by atoms with Crippen LogP contribution in [0.2, 0.25) is 5.15 Å². The Morgan fingerprint density at radius 3 is 2.59 bits per heavy atom. The maximum Gasteiger partial charge on any atom is 0.356 e. The molecule has 4 heteroatoms. The highest BCUT2D eigenvalue weighted by Gasteiger charge is 2.13. The molecule has 0 atom stereocenters. The van der Waals surface area contributed by atoms with E-state index in [9.17, 15) is 4.79 Å². The van der Waals surface area contributed by atoms with E-state index in [0.29, 0.717) is 5.15 Å². The third-order valence-electron chi connectivity index (χ3n) is 2.77. The highest BCUT2D eigenvalue weighted by molar-refractivity contribution is 6.34. The third-order valence-corrected chi connectivity index (χ3v) is 3.05. The van der Waals surface area contributed by atoms with Gasteiger partial charge in [-0.1, -0.05) is 23.7 Å². The van der Waals surface area contributed by atoms with Crippen molar-refractivity contribution in [2.45, 2.75) is 13.8 Å². The summed E-state index contributed by atoms with van der Waals surface area (Å²) in [7, 11) is 1.32. The van der Waals surface area contributed by atoms with Crippen LogP contribution in [0.5, 0.6) is 0 Å². The van der Waals surface area contributed by atoms with E-state index in [-0.39, 0.29) is 5.69 Å². The second-order valence-electron chi connectivity index (χ2n) is 3.91. The van der Waals surface area contributed by atoms with Crippen LogP contribution < -0.4 is 0 Å². The van der Waals surface area contributed by atoms with Gasteiger partial charge in [0, 0.05) is 5.39 Å². The summed E-state index contributed by atoms with van der Waals surface area (Å²) in [6.07, 6.45) is 0. The number of ether oxygens (including phenoxy) is 1. The summed E-state index contributed by atoms with van der Waals surface area (Å²) in [5, 5.41) is 2.16. The number of rotatable bonds is 1. The Hall–Kier alpha value is -1.61. The zero-order valence-corrected chi connectivity index (χ0v) is 10.6. The number of pyridine rings is 1. The molecule has 0 bridgehead atoms. The lowest BCUT2D eigenvalue weighted by Crippen LogP contribution is -2.05. The normalized spacial score (nSPS) is 10.6. The molecule has 0 radical (unpaired) electrons. The minimum Gasteiger partial charge on any atom is -0.464 e. The highest BCUT2D eigenvalue weighted by Crippen LogP contribution is 2.28. The van der Waals surface area contributed by atoms with Crippen LogP contribution >= 0.6 is 11.6 Å². The minimum absolute atomic E-state index is 0.235. The Morgan fingerprint density at radius 2 is 1.94 bits per heavy atom. The molecule has 3 nitrogen and oxygen atoms in total. The zero-order valence-electron chi connectivity index (χ0n) is 9.87. The minimum atomic E-state index is -0.477. The Balaban J connectivity index is 2.82. The van der Waals surface area contributed by atoms with Gasteiger partial charge in [0.05, 0.1) is 7.11 Å². The van der Waals surface area contributed by atoms with Crippen molar-refractivity contribution in [3.05, 3.63) is 40.2 Å². The summed E-state index contributed by atoms with van der Waals surface area (Å²) in [4.78, 5) is 15.5. The number of nitrogens with zero attached hydrogens (tertiary/aromatic N) is 1. The maximum absolute atomic E-state index is 11.5. The smallest absolute Gasteiger partial charge is 0.356 e. The Labute approximate surface area is 104 Å². The fourth-order valence-corrected chi connectivity index (χ4v) is 2.17. The topological polar surface area (TPSA) is 39.2 Å². The van der Waals surface area contributed by atoms with Crippen molar-refractivity contribution >= 4 is 28.3 Å². The second kappa shape index (κ2) is 4.34. The van der Waals surface area contributed by atoms with Crippen LogP contribution in [0.4, 0.5) is 0 Å². The third kappa shape index (κ3) is 1.98. The van der Waals surface area contributed by atoms with Crippen LogP contribution in [0.15, 0.2) is 18.2 Å². The first-order valence-corrected chi connectivity index (χ1v) is 5.57. The number of hydrogen-bond acceptors (Lipinski definition) is 3. The van der Waals surface area contributed by atoms with Crippen LogP contribution in [0.3, 0.4) is 0 Å². The van der Waals surface area contributed by atoms with Gasteiger partial charge in [-0.05, 0) is 36.4 Å². The van der Waals surface area contributed by atoms with Crippen molar-refractivity contribution < 1.29 is 9.53 Å². The average molecular weight is 250 g/mol. The van der Waals surface area contributed by atoms with E-state index in [1.54, 1.807) is 6.07 Å². The summed E-state index contributed by atoms with van der Waals surface area (Å²) in [5.74, 6) is -0.477. The molecule has 1 heterocycles. The van der Waals surface area contributed by atoms with Crippen LogP contribution in [0.1, 0.15) is 21.6 Å². The van der Waals surface area contributed by atoms with Gasteiger partial charge in [-0.3, -0.25) is 0 Å². The fourth-order valence-electron chi connectivity index (χ4n) is 1.83.